The van der Waals surface area contributed by atoms with E-state index in [9.17, 15) is 4.79 Å². The maximum absolute atomic E-state index is 11.3. The highest BCUT2D eigenvalue weighted by Gasteiger charge is 2.28. The SMILES string of the molecule is Cn1cc(N)c(NCCNC(=O)C2CC2)n1. The van der Waals surface area contributed by atoms with E-state index >= 15 is 0 Å². The predicted molar refractivity (Wildman–Crippen MR) is 61.8 cm³/mol. The van der Waals surface area contributed by atoms with Crippen LogP contribution in [0.2, 0.25) is 0 Å². The number of hydrogen-bond donors (Lipinski definition) is 3. The van der Waals surface area contributed by atoms with Gasteiger partial charge in [0.15, 0.2) is 5.82 Å². The number of anilines is 2. The van der Waals surface area contributed by atoms with Gasteiger partial charge in [-0.2, -0.15) is 5.10 Å². The van der Waals surface area contributed by atoms with E-state index < -0.39 is 0 Å². The highest BCUT2D eigenvalue weighted by molar-refractivity contribution is 5.80. The number of amides is 1. The average Bonchev–Trinajstić information content (AvgIpc) is 3.01. The summed E-state index contributed by atoms with van der Waals surface area (Å²) < 4.78 is 1.65. The molecule has 1 heterocycles. The Morgan fingerprint density at radius 3 is 2.94 bits per heavy atom. The zero-order valence-corrected chi connectivity index (χ0v) is 9.36. The molecule has 16 heavy (non-hydrogen) atoms. The number of hydrogen-bond acceptors (Lipinski definition) is 4. The fraction of sp³-hybridized carbons (Fsp3) is 0.600. The molecule has 0 spiro atoms. The first-order valence-corrected chi connectivity index (χ1v) is 5.47. The van der Waals surface area contributed by atoms with E-state index in [-0.39, 0.29) is 11.8 Å². The molecule has 1 aliphatic carbocycles. The summed E-state index contributed by atoms with van der Waals surface area (Å²) in [5.74, 6) is 1.10. The standard InChI is InChI=1S/C10H17N5O/c1-15-6-8(11)9(14-15)12-4-5-13-10(16)7-2-3-7/h6-7H,2-5,11H2,1H3,(H,12,14)(H,13,16). The molecule has 0 bridgehead atoms. The zero-order chi connectivity index (χ0) is 11.5. The highest BCUT2D eigenvalue weighted by Crippen LogP contribution is 2.28. The summed E-state index contributed by atoms with van der Waals surface area (Å²) in [4.78, 5) is 11.3. The molecule has 6 heteroatoms. The van der Waals surface area contributed by atoms with Gasteiger partial charge in [0.25, 0.3) is 0 Å². The highest BCUT2D eigenvalue weighted by atomic mass is 16.2. The lowest BCUT2D eigenvalue weighted by Gasteiger charge is -2.05. The van der Waals surface area contributed by atoms with Crippen LogP contribution in [0.5, 0.6) is 0 Å². The van der Waals surface area contributed by atoms with Gasteiger partial charge in [0.1, 0.15) is 0 Å². The van der Waals surface area contributed by atoms with Crippen molar-refractivity contribution in [2.45, 2.75) is 12.8 Å². The van der Waals surface area contributed by atoms with E-state index in [0.717, 1.165) is 12.8 Å². The van der Waals surface area contributed by atoms with Gasteiger partial charge >= 0.3 is 0 Å². The van der Waals surface area contributed by atoms with Crippen molar-refractivity contribution in [1.29, 1.82) is 0 Å². The summed E-state index contributed by atoms with van der Waals surface area (Å²) in [5.41, 5.74) is 6.33. The lowest BCUT2D eigenvalue weighted by atomic mass is 10.4. The van der Waals surface area contributed by atoms with Crippen molar-refractivity contribution in [3.63, 3.8) is 0 Å². The van der Waals surface area contributed by atoms with Crippen LogP contribution in [0.3, 0.4) is 0 Å². The molecule has 0 aromatic carbocycles. The predicted octanol–water partition coefficient (Wildman–Crippen LogP) is -0.0596. The van der Waals surface area contributed by atoms with E-state index in [0.29, 0.717) is 24.6 Å². The van der Waals surface area contributed by atoms with Crippen LogP contribution in [0.15, 0.2) is 6.20 Å². The summed E-state index contributed by atoms with van der Waals surface area (Å²) >= 11 is 0. The number of carbonyl (C=O) groups is 1. The fourth-order valence-electron chi connectivity index (χ4n) is 1.50. The van der Waals surface area contributed by atoms with Crippen molar-refractivity contribution < 1.29 is 4.79 Å². The maximum atomic E-state index is 11.3. The minimum Gasteiger partial charge on any atom is -0.394 e. The minimum atomic E-state index is 0.163. The maximum Gasteiger partial charge on any atom is 0.223 e. The smallest absolute Gasteiger partial charge is 0.223 e. The molecule has 1 aliphatic rings. The summed E-state index contributed by atoms with van der Waals surface area (Å²) in [7, 11) is 1.82. The van der Waals surface area contributed by atoms with Crippen LogP contribution in [0.4, 0.5) is 11.5 Å². The molecule has 1 aromatic rings. The van der Waals surface area contributed by atoms with Crippen LogP contribution in [-0.2, 0) is 11.8 Å². The average molecular weight is 223 g/mol. The molecule has 0 atom stereocenters. The van der Waals surface area contributed by atoms with Crippen LogP contribution in [0.1, 0.15) is 12.8 Å². The van der Waals surface area contributed by atoms with Gasteiger partial charge in [-0.15, -0.1) is 0 Å². The molecule has 0 aliphatic heterocycles. The first-order chi connectivity index (χ1) is 7.66. The quantitative estimate of drug-likeness (QED) is 0.610. The molecule has 1 aromatic heterocycles. The van der Waals surface area contributed by atoms with Crippen molar-refractivity contribution in [3.05, 3.63) is 6.20 Å². The lowest BCUT2D eigenvalue weighted by Crippen LogP contribution is -2.29. The Morgan fingerprint density at radius 2 is 2.38 bits per heavy atom. The molecule has 1 amide bonds. The van der Waals surface area contributed by atoms with Crippen molar-refractivity contribution in [2.24, 2.45) is 13.0 Å². The van der Waals surface area contributed by atoms with Crippen LogP contribution < -0.4 is 16.4 Å². The monoisotopic (exact) mass is 223 g/mol. The van der Waals surface area contributed by atoms with Crippen molar-refractivity contribution in [1.82, 2.24) is 15.1 Å². The van der Waals surface area contributed by atoms with Gasteiger partial charge in [-0.3, -0.25) is 9.48 Å². The number of nitrogens with one attached hydrogen (secondary N) is 2. The second-order valence-corrected chi connectivity index (χ2v) is 4.10. The largest absolute Gasteiger partial charge is 0.394 e. The third kappa shape index (κ3) is 2.65. The van der Waals surface area contributed by atoms with E-state index in [1.165, 1.54) is 0 Å². The van der Waals surface area contributed by atoms with Gasteiger partial charge in [-0.1, -0.05) is 0 Å². The van der Waals surface area contributed by atoms with Gasteiger partial charge in [-0.05, 0) is 12.8 Å². The van der Waals surface area contributed by atoms with Gasteiger partial charge in [0.05, 0.1) is 5.69 Å². The van der Waals surface area contributed by atoms with Gasteiger partial charge in [0.2, 0.25) is 5.91 Å². The Hall–Kier alpha value is -1.72. The van der Waals surface area contributed by atoms with E-state index in [1.54, 1.807) is 10.9 Å². The zero-order valence-electron chi connectivity index (χ0n) is 9.36. The second-order valence-electron chi connectivity index (χ2n) is 4.10. The van der Waals surface area contributed by atoms with Crippen molar-refractivity contribution in [2.75, 3.05) is 24.1 Å². The molecule has 0 saturated heterocycles. The molecule has 2 rings (SSSR count). The Kier molecular flexibility index (Phi) is 2.98. The second kappa shape index (κ2) is 4.42. The van der Waals surface area contributed by atoms with E-state index in [1.807, 2.05) is 7.05 Å². The van der Waals surface area contributed by atoms with Crippen LogP contribution >= 0.6 is 0 Å². The van der Waals surface area contributed by atoms with Gasteiger partial charge < -0.3 is 16.4 Å². The van der Waals surface area contributed by atoms with E-state index in [4.69, 9.17) is 5.73 Å². The minimum absolute atomic E-state index is 0.163. The molecule has 0 radical (unpaired) electrons. The number of aryl methyl sites for hydroxylation is 1. The van der Waals surface area contributed by atoms with Gasteiger partial charge in [-0.25, -0.2) is 0 Å². The van der Waals surface area contributed by atoms with Gasteiger partial charge in [0, 0.05) is 32.3 Å². The third-order valence-electron chi connectivity index (χ3n) is 2.52. The first kappa shape index (κ1) is 10.8. The van der Waals surface area contributed by atoms with E-state index in [2.05, 4.69) is 15.7 Å². The number of nitrogens with zero attached hydrogens (tertiary/aromatic N) is 2. The molecule has 88 valence electrons. The molecular weight excluding hydrogens is 206 g/mol. The number of rotatable bonds is 5. The molecule has 1 saturated carbocycles. The molecular formula is C10H17N5O. The van der Waals surface area contributed by atoms with Crippen LogP contribution in [0, 0.1) is 5.92 Å². The number of nitrogen functional groups attached to an aromatic ring is 1. The van der Waals surface area contributed by atoms with Crippen LogP contribution in [-0.4, -0.2) is 28.8 Å². The first-order valence-electron chi connectivity index (χ1n) is 5.47. The Morgan fingerprint density at radius 1 is 1.62 bits per heavy atom. The molecule has 4 N–H and O–H groups in total. The topological polar surface area (TPSA) is 85.0 Å². The number of aromatic nitrogens is 2. The Bertz CT molecular complexity index is 383. The molecule has 0 unspecified atom stereocenters. The molecule has 6 nitrogen and oxygen atoms in total. The van der Waals surface area contributed by atoms with Crippen LogP contribution in [0.25, 0.3) is 0 Å². The summed E-state index contributed by atoms with van der Waals surface area (Å²) in [5, 5.41) is 10.1. The Labute approximate surface area is 94.2 Å². The normalized spacial score (nSPS) is 14.8. The summed E-state index contributed by atoms with van der Waals surface area (Å²) in [6.45, 7) is 1.24. The molecule has 1 fully saturated rings. The summed E-state index contributed by atoms with van der Waals surface area (Å²) in [6.07, 6.45) is 3.81. The third-order valence-corrected chi connectivity index (χ3v) is 2.52. The Balaban J connectivity index is 1.67. The fourth-order valence-corrected chi connectivity index (χ4v) is 1.50. The van der Waals surface area contributed by atoms with Crippen molar-refractivity contribution >= 4 is 17.4 Å². The van der Waals surface area contributed by atoms with Crippen molar-refractivity contribution in [3.8, 4) is 0 Å². The lowest BCUT2D eigenvalue weighted by molar-refractivity contribution is -0.122. The number of nitrogens with two attached hydrogens (primary N) is 1. The number of carbonyl (C=O) groups excluding carboxylic acids is 1. The summed E-state index contributed by atoms with van der Waals surface area (Å²) in [6, 6.07) is 0.